The maximum Gasteiger partial charge on any atom is 0.573 e. The molecule has 0 aliphatic carbocycles. The number of anilines is 1. The second-order valence-corrected chi connectivity index (χ2v) is 5.16. The molecule has 2 amide bonds. The maximum atomic E-state index is 12.7. The van der Waals surface area contributed by atoms with E-state index in [1.165, 1.54) is 12.1 Å². The van der Waals surface area contributed by atoms with E-state index in [4.69, 9.17) is 5.11 Å². The van der Waals surface area contributed by atoms with Crippen LogP contribution in [0.1, 0.15) is 25.7 Å². The minimum atomic E-state index is -4.78. The van der Waals surface area contributed by atoms with Crippen molar-refractivity contribution < 1.29 is 37.0 Å². The molecule has 0 aromatic heterocycles. The van der Waals surface area contributed by atoms with Crippen molar-refractivity contribution in [3.8, 4) is 5.75 Å². The monoisotopic (exact) mass is 378 g/mol. The number of urea groups is 1. The summed E-state index contributed by atoms with van der Waals surface area (Å²) in [5.41, 5.74) is 0.298. The van der Waals surface area contributed by atoms with Gasteiger partial charge in [0, 0.05) is 12.2 Å². The summed E-state index contributed by atoms with van der Waals surface area (Å²) in [6.07, 6.45) is -1.65. The van der Waals surface area contributed by atoms with Crippen molar-refractivity contribution >= 4 is 17.7 Å². The predicted octanol–water partition coefficient (Wildman–Crippen LogP) is 4.21. The molecule has 0 fully saturated rings. The van der Waals surface area contributed by atoms with Gasteiger partial charge in [0.1, 0.15) is 5.75 Å². The van der Waals surface area contributed by atoms with Gasteiger partial charge in [-0.3, -0.25) is 0 Å². The van der Waals surface area contributed by atoms with Crippen LogP contribution in [0.25, 0.3) is 0 Å². The minimum Gasteiger partial charge on any atom is -0.476 e. The molecule has 0 radical (unpaired) electrons. The number of rotatable bonds is 9. The topological polar surface area (TPSA) is 87.7 Å². The molecule has 26 heavy (non-hydrogen) atoms. The van der Waals surface area contributed by atoms with Gasteiger partial charge >= 0.3 is 18.4 Å². The Bertz CT molecular complexity index is 630. The first-order chi connectivity index (χ1) is 12.2. The lowest BCUT2D eigenvalue weighted by atomic mass is 10.2. The van der Waals surface area contributed by atoms with E-state index in [1.54, 1.807) is 0 Å². The van der Waals surface area contributed by atoms with Gasteiger partial charge < -0.3 is 20.5 Å². The summed E-state index contributed by atoms with van der Waals surface area (Å²) in [5.74, 6) is -3.17. The molecule has 10 heteroatoms. The van der Waals surface area contributed by atoms with E-state index < -0.39 is 29.9 Å². The number of benzene rings is 1. The zero-order valence-electron chi connectivity index (χ0n) is 13.6. The number of hydrogen-bond acceptors (Lipinski definition) is 3. The van der Waals surface area contributed by atoms with Crippen molar-refractivity contribution in [1.82, 2.24) is 5.32 Å². The number of carbonyl (C=O) groups excluding carboxylic acids is 1. The third-order valence-electron chi connectivity index (χ3n) is 3.04. The van der Waals surface area contributed by atoms with E-state index in [1.807, 2.05) is 0 Å². The van der Waals surface area contributed by atoms with Crippen LogP contribution in [0.5, 0.6) is 5.75 Å². The van der Waals surface area contributed by atoms with Crippen molar-refractivity contribution in [1.29, 1.82) is 0 Å². The van der Waals surface area contributed by atoms with Gasteiger partial charge in [0.25, 0.3) is 0 Å². The first kappa shape index (κ1) is 21.3. The summed E-state index contributed by atoms with van der Waals surface area (Å²) in [6, 6.07) is 4.17. The molecule has 1 rings (SSSR count). The second-order valence-electron chi connectivity index (χ2n) is 5.16. The number of allylic oxidation sites excluding steroid dienone is 1. The highest BCUT2D eigenvalue weighted by Crippen LogP contribution is 2.23. The average molecular weight is 378 g/mol. The van der Waals surface area contributed by atoms with E-state index in [9.17, 15) is 27.2 Å². The van der Waals surface area contributed by atoms with Crippen LogP contribution in [0.2, 0.25) is 0 Å². The number of ether oxygens (including phenoxy) is 1. The molecule has 1 aromatic rings. The van der Waals surface area contributed by atoms with Gasteiger partial charge in [0.2, 0.25) is 5.83 Å². The molecular weight excluding hydrogens is 360 g/mol. The number of carbonyl (C=O) groups is 2. The molecule has 0 spiro atoms. The van der Waals surface area contributed by atoms with Crippen molar-refractivity contribution in [3.05, 3.63) is 36.2 Å². The average Bonchev–Trinajstić information content (AvgIpc) is 2.54. The molecule has 3 N–H and O–H groups in total. The first-order valence-corrected chi connectivity index (χ1v) is 7.67. The normalized spacial score (nSPS) is 11.8. The largest absolute Gasteiger partial charge is 0.573 e. The fraction of sp³-hybridized carbons (Fsp3) is 0.375. The van der Waals surface area contributed by atoms with E-state index >= 15 is 0 Å². The molecule has 144 valence electrons. The number of unbranched alkanes of at least 4 members (excludes halogenated alkanes) is 3. The lowest BCUT2D eigenvalue weighted by molar-refractivity contribution is -0.274. The van der Waals surface area contributed by atoms with Crippen LogP contribution in [0.4, 0.5) is 28.0 Å². The van der Waals surface area contributed by atoms with Crippen LogP contribution in [0.3, 0.4) is 0 Å². The Hall–Kier alpha value is -2.78. The Morgan fingerprint density at radius 2 is 1.77 bits per heavy atom. The number of amides is 2. The third kappa shape index (κ3) is 9.50. The summed E-state index contributed by atoms with van der Waals surface area (Å²) in [7, 11) is 0. The predicted molar refractivity (Wildman–Crippen MR) is 85.4 cm³/mol. The van der Waals surface area contributed by atoms with Crippen LogP contribution < -0.4 is 15.4 Å². The third-order valence-corrected chi connectivity index (χ3v) is 3.04. The molecule has 0 unspecified atom stereocenters. The molecule has 0 bridgehead atoms. The van der Waals surface area contributed by atoms with Gasteiger partial charge in [-0.1, -0.05) is 6.42 Å². The molecule has 0 saturated heterocycles. The van der Waals surface area contributed by atoms with E-state index in [-0.39, 0.29) is 6.42 Å². The second kappa shape index (κ2) is 10.3. The van der Waals surface area contributed by atoms with Crippen molar-refractivity contribution in [2.75, 3.05) is 11.9 Å². The van der Waals surface area contributed by atoms with E-state index in [0.29, 0.717) is 31.5 Å². The van der Waals surface area contributed by atoms with Crippen LogP contribution in [-0.4, -0.2) is 30.0 Å². The summed E-state index contributed by atoms with van der Waals surface area (Å²) in [6.45, 7) is 0.340. The van der Waals surface area contributed by atoms with Crippen LogP contribution in [0.15, 0.2) is 36.2 Å². The molecule has 0 saturated carbocycles. The van der Waals surface area contributed by atoms with E-state index in [2.05, 4.69) is 15.4 Å². The number of halogens is 4. The number of nitrogens with one attached hydrogen (secondary N) is 2. The fourth-order valence-corrected chi connectivity index (χ4v) is 1.88. The highest BCUT2D eigenvalue weighted by Gasteiger charge is 2.30. The molecule has 0 atom stereocenters. The Morgan fingerprint density at radius 1 is 1.12 bits per heavy atom. The zero-order chi connectivity index (χ0) is 19.6. The summed E-state index contributed by atoms with van der Waals surface area (Å²) in [5, 5.41) is 13.3. The first-order valence-electron chi connectivity index (χ1n) is 7.67. The number of hydrogen-bond donors (Lipinski definition) is 3. The fourth-order valence-electron chi connectivity index (χ4n) is 1.88. The van der Waals surface area contributed by atoms with Crippen LogP contribution >= 0.6 is 0 Å². The molecule has 0 aliphatic rings. The van der Waals surface area contributed by atoms with Crippen molar-refractivity contribution in [3.63, 3.8) is 0 Å². The number of alkyl halides is 3. The lowest BCUT2D eigenvalue weighted by Gasteiger charge is -2.10. The van der Waals surface area contributed by atoms with E-state index in [0.717, 1.165) is 18.2 Å². The molecule has 0 heterocycles. The quantitative estimate of drug-likeness (QED) is 0.341. The Kier molecular flexibility index (Phi) is 8.40. The standard InChI is InChI=1S/C16H18F4N2O4/c17-13(14(23)24)5-3-1-2-4-10-21-15(25)22-11-6-8-12(9-7-11)26-16(18,19)20/h5-9H,1-4,10H2,(H,23,24)(H2,21,22,25). The van der Waals surface area contributed by atoms with Crippen molar-refractivity contribution in [2.24, 2.45) is 0 Å². The smallest absolute Gasteiger partial charge is 0.476 e. The number of carboxylic acids is 1. The minimum absolute atomic E-state index is 0.288. The Balaban J connectivity index is 2.20. The highest BCUT2D eigenvalue weighted by molar-refractivity contribution is 5.89. The number of aliphatic carboxylic acids is 1. The Morgan fingerprint density at radius 3 is 2.35 bits per heavy atom. The van der Waals surface area contributed by atoms with Crippen LogP contribution in [0, 0.1) is 0 Å². The van der Waals surface area contributed by atoms with Gasteiger partial charge in [0.15, 0.2) is 0 Å². The summed E-state index contributed by atoms with van der Waals surface area (Å²) < 4.78 is 52.4. The van der Waals surface area contributed by atoms with Crippen molar-refractivity contribution in [2.45, 2.75) is 32.0 Å². The van der Waals surface area contributed by atoms with Gasteiger partial charge in [-0.15, -0.1) is 13.2 Å². The maximum absolute atomic E-state index is 12.7. The summed E-state index contributed by atoms with van der Waals surface area (Å²) >= 11 is 0. The number of carboxylic acid groups (broad SMARTS) is 1. The molecule has 6 nitrogen and oxygen atoms in total. The molecule has 1 aromatic carbocycles. The molecule has 0 aliphatic heterocycles. The van der Waals surface area contributed by atoms with Crippen LogP contribution in [-0.2, 0) is 4.79 Å². The molecular formula is C16H18F4N2O4. The zero-order valence-corrected chi connectivity index (χ0v) is 13.6. The summed E-state index contributed by atoms with van der Waals surface area (Å²) in [4.78, 5) is 21.8. The highest BCUT2D eigenvalue weighted by atomic mass is 19.4. The SMILES string of the molecule is O=C(NCCCCCC=C(F)C(=O)O)Nc1ccc(OC(F)(F)F)cc1. The Labute approximate surface area is 146 Å². The van der Waals surface area contributed by atoms with Gasteiger partial charge in [-0.2, -0.15) is 4.39 Å². The van der Waals surface area contributed by atoms with Gasteiger partial charge in [-0.25, -0.2) is 9.59 Å². The van der Waals surface area contributed by atoms with Gasteiger partial charge in [-0.05, 0) is 49.6 Å². The lowest BCUT2D eigenvalue weighted by Crippen LogP contribution is -2.29. The van der Waals surface area contributed by atoms with Gasteiger partial charge in [0.05, 0.1) is 0 Å².